The minimum Gasteiger partial charge on any atom is -0.339 e. The van der Waals surface area contributed by atoms with Crippen molar-refractivity contribution in [1.82, 2.24) is 14.4 Å². The number of nitrogens with zero attached hydrogens (tertiary/aromatic N) is 3. The summed E-state index contributed by atoms with van der Waals surface area (Å²) in [4.78, 5) is 17.1. The van der Waals surface area contributed by atoms with Gasteiger partial charge in [0.05, 0.1) is 10.6 Å². The Labute approximate surface area is 169 Å². The molecular formula is C20H22N4O4S. The van der Waals surface area contributed by atoms with Crippen LogP contribution in [0.4, 0.5) is 5.69 Å². The summed E-state index contributed by atoms with van der Waals surface area (Å²) >= 11 is 0. The van der Waals surface area contributed by atoms with Gasteiger partial charge in [0.1, 0.15) is 0 Å². The number of hydrogen-bond donors (Lipinski definition) is 1. The van der Waals surface area contributed by atoms with E-state index in [0.29, 0.717) is 36.1 Å². The Morgan fingerprint density at radius 3 is 2.48 bits per heavy atom. The molecule has 0 aliphatic heterocycles. The number of rotatable bonds is 7. The molecule has 0 bridgehead atoms. The van der Waals surface area contributed by atoms with Crippen molar-refractivity contribution < 1.29 is 17.7 Å². The number of amides is 1. The Kier molecular flexibility index (Phi) is 6.09. The Hall–Kier alpha value is -3.04. The predicted octanol–water partition coefficient (Wildman–Crippen LogP) is 3.33. The van der Waals surface area contributed by atoms with Crippen molar-refractivity contribution in [3.05, 3.63) is 60.0 Å². The molecule has 0 saturated heterocycles. The third-order valence-corrected chi connectivity index (χ3v) is 6.43. The average Bonchev–Trinajstić information content (AvgIpc) is 3.15. The molecule has 3 aromatic rings. The van der Waals surface area contributed by atoms with Crippen LogP contribution in [0.15, 0.2) is 57.9 Å². The quantitative estimate of drug-likeness (QED) is 0.636. The van der Waals surface area contributed by atoms with Gasteiger partial charge in [0.2, 0.25) is 21.7 Å². The first-order valence-electron chi connectivity index (χ1n) is 9.18. The fourth-order valence-corrected chi connectivity index (χ4v) is 4.41. The maximum absolute atomic E-state index is 12.8. The molecule has 0 saturated carbocycles. The number of anilines is 1. The summed E-state index contributed by atoms with van der Waals surface area (Å²) in [5, 5.41) is 6.69. The van der Waals surface area contributed by atoms with Gasteiger partial charge >= 0.3 is 0 Å². The topological polar surface area (TPSA) is 105 Å². The molecule has 0 fully saturated rings. The fourth-order valence-electron chi connectivity index (χ4n) is 2.90. The zero-order chi connectivity index (χ0) is 21.0. The van der Waals surface area contributed by atoms with Gasteiger partial charge in [0.25, 0.3) is 5.91 Å². The third kappa shape index (κ3) is 4.36. The zero-order valence-electron chi connectivity index (χ0n) is 16.4. The van der Waals surface area contributed by atoms with Gasteiger partial charge in [-0.15, -0.1) is 0 Å². The second-order valence-corrected chi connectivity index (χ2v) is 8.19. The van der Waals surface area contributed by atoms with Gasteiger partial charge in [-0.25, -0.2) is 8.42 Å². The van der Waals surface area contributed by atoms with Crippen LogP contribution in [0.5, 0.6) is 0 Å². The van der Waals surface area contributed by atoms with Crippen LogP contribution in [0.3, 0.4) is 0 Å². The first-order chi connectivity index (χ1) is 13.9. The van der Waals surface area contributed by atoms with Crippen molar-refractivity contribution in [2.45, 2.75) is 25.7 Å². The highest BCUT2D eigenvalue weighted by Gasteiger charge is 2.23. The zero-order valence-corrected chi connectivity index (χ0v) is 17.2. The molecule has 152 valence electrons. The highest BCUT2D eigenvalue weighted by Crippen LogP contribution is 2.26. The predicted molar refractivity (Wildman–Crippen MR) is 109 cm³/mol. The Morgan fingerprint density at radius 1 is 1.10 bits per heavy atom. The number of aromatic nitrogens is 2. The van der Waals surface area contributed by atoms with Crippen molar-refractivity contribution in [2.24, 2.45) is 0 Å². The Bertz CT molecular complexity index is 1120. The molecule has 1 amide bonds. The van der Waals surface area contributed by atoms with Crippen LogP contribution in [-0.2, 0) is 10.0 Å². The lowest BCUT2D eigenvalue weighted by Gasteiger charge is -2.18. The first kappa shape index (κ1) is 20.7. The molecule has 0 aliphatic carbocycles. The molecule has 8 nitrogen and oxygen atoms in total. The molecule has 0 radical (unpaired) electrons. The molecule has 3 rings (SSSR count). The number of aryl methyl sites for hydroxylation is 1. The van der Waals surface area contributed by atoms with E-state index in [1.807, 2.05) is 0 Å². The van der Waals surface area contributed by atoms with Crippen LogP contribution in [0.2, 0.25) is 0 Å². The summed E-state index contributed by atoms with van der Waals surface area (Å²) in [7, 11) is -3.66. The van der Waals surface area contributed by atoms with Crippen LogP contribution in [0.25, 0.3) is 11.4 Å². The van der Waals surface area contributed by atoms with E-state index in [-0.39, 0.29) is 10.5 Å². The van der Waals surface area contributed by atoms with E-state index >= 15 is 0 Å². The lowest BCUT2D eigenvalue weighted by atomic mass is 10.1. The summed E-state index contributed by atoms with van der Waals surface area (Å²) in [6.45, 7) is 5.93. The smallest absolute Gasteiger partial charge is 0.255 e. The molecule has 1 heterocycles. The monoisotopic (exact) mass is 414 g/mol. The van der Waals surface area contributed by atoms with Gasteiger partial charge in [-0.05, 0) is 30.3 Å². The van der Waals surface area contributed by atoms with Crippen molar-refractivity contribution >= 4 is 21.6 Å². The summed E-state index contributed by atoms with van der Waals surface area (Å²) in [6, 6.07) is 13.0. The van der Waals surface area contributed by atoms with Gasteiger partial charge in [-0.3, -0.25) is 4.79 Å². The molecule has 0 atom stereocenters. The second-order valence-electron chi connectivity index (χ2n) is 6.25. The maximum atomic E-state index is 12.8. The number of para-hydroxylation sites is 1. The minimum absolute atomic E-state index is 0.0796. The number of carbonyl (C=O) groups excluding carboxylic acids is 1. The normalized spacial score (nSPS) is 11.6. The van der Waals surface area contributed by atoms with Crippen molar-refractivity contribution in [2.75, 3.05) is 18.4 Å². The molecule has 0 unspecified atom stereocenters. The van der Waals surface area contributed by atoms with E-state index in [4.69, 9.17) is 4.52 Å². The molecular weight excluding hydrogens is 392 g/mol. The molecule has 29 heavy (non-hydrogen) atoms. The largest absolute Gasteiger partial charge is 0.339 e. The van der Waals surface area contributed by atoms with Gasteiger partial charge in [-0.2, -0.15) is 9.29 Å². The second kappa shape index (κ2) is 8.54. The van der Waals surface area contributed by atoms with Crippen molar-refractivity contribution in [3.63, 3.8) is 0 Å². The lowest BCUT2D eigenvalue weighted by Crippen LogP contribution is -2.30. The SMILES string of the molecule is CCN(CC)S(=O)(=O)c1cccc(C(=O)Nc2ccccc2-c2noc(C)n2)c1. The first-order valence-corrected chi connectivity index (χ1v) is 10.6. The van der Waals surface area contributed by atoms with Crippen LogP contribution >= 0.6 is 0 Å². The van der Waals surface area contributed by atoms with Crippen molar-refractivity contribution in [1.29, 1.82) is 0 Å². The number of sulfonamides is 1. The molecule has 1 aromatic heterocycles. The highest BCUT2D eigenvalue weighted by molar-refractivity contribution is 7.89. The highest BCUT2D eigenvalue weighted by atomic mass is 32.2. The molecule has 2 aromatic carbocycles. The minimum atomic E-state index is -3.66. The van der Waals surface area contributed by atoms with Gasteiger partial charge in [-0.1, -0.05) is 37.2 Å². The average molecular weight is 414 g/mol. The standard InChI is InChI=1S/C20H22N4O4S/c1-4-24(5-2)29(26,27)16-10-8-9-15(13-16)20(25)22-18-12-7-6-11-17(18)19-21-14(3)28-23-19/h6-13H,4-5H2,1-3H3,(H,22,25). The van der Waals surface area contributed by atoms with Gasteiger partial charge in [0, 0.05) is 31.1 Å². The molecule has 0 spiro atoms. The Morgan fingerprint density at radius 2 is 1.83 bits per heavy atom. The molecule has 9 heteroatoms. The maximum Gasteiger partial charge on any atom is 0.255 e. The lowest BCUT2D eigenvalue weighted by molar-refractivity contribution is 0.102. The summed E-state index contributed by atoms with van der Waals surface area (Å²) in [5.41, 5.74) is 1.33. The number of hydrogen-bond acceptors (Lipinski definition) is 6. The van der Waals surface area contributed by atoms with Crippen LogP contribution in [0.1, 0.15) is 30.1 Å². The third-order valence-electron chi connectivity index (χ3n) is 4.38. The summed E-state index contributed by atoms with van der Waals surface area (Å²) in [6.07, 6.45) is 0. The summed E-state index contributed by atoms with van der Waals surface area (Å²) in [5.74, 6) is 0.334. The van der Waals surface area contributed by atoms with Gasteiger partial charge in [0.15, 0.2) is 0 Å². The van der Waals surface area contributed by atoms with Crippen molar-refractivity contribution in [3.8, 4) is 11.4 Å². The fraction of sp³-hybridized carbons (Fsp3) is 0.250. The van der Waals surface area contributed by atoms with E-state index in [1.54, 1.807) is 57.2 Å². The number of carbonyl (C=O) groups is 1. The van der Waals surface area contributed by atoms with E-state index in [1.165, 1.54) is 16.4 Å². The van der Waals surface area contributed by atoms with Gasteiger partial charge < -0.3 is 9.84 Å². The van der Waals surface area contributed by atoms with Crippen LogP contribution in [0, 0.1) is 6.92 Å². The number of nitrogens with one attached hydrogen (secondary N) is 1. The van der Waals surface area contributed by atoms with Crippen LogP contribution in [-0.4, -0.2) is 41.9 Å². The van der Waals surface area contributed by atoms with Crippen LogP contribution < -0.4 is 5.32 Å². The molecule has 1 N–H and O–H groups in total. The summed E-state index contributed by atoms with van der Waals surface area (Å²) < 4.78 is 31.8. The van der Waals surface area contributed by atoms with E-state index in [2.05, 4.69) is 15.5 Å². The molecule has 0 aliphatic rings. The number of benzene rings is 2. The van der Waals surface area contributed by atoms with E-state index in [9.17, 15) is 13.2 Å². The Balaban J connectivity index is 1.90. The van der Waals surface area contributed by atoms with E-state index in [0.717, 1.165) is 0 Å². The van der Waals surface area contributed by atoms with E-state index < -0.39 is 15.9 Å².